The summed E-state index contributed by atoms with van der Waals surface area (Å²) < 4.78 is 32.0. The van der Waals surface area contributed by atoms with Crippen LogP contribution in [0.2, 0.25) is 0 Å². The minimum absolute atomic E-state index is 0.0597. The molecule has 0 saturated carbocycles. The summed E-state index contributed by atoms with van der Waals surface area (Å²) in [6.07, 6.45) is 5.27. The Hall–Kier alpha value is -4.60. The van der Waals surface area contributed by atoms with Gasteiger partial charge in [0.1, 0.15) is 23.2 Å². The fourth-order valence-corrected chi connectivity index (χ4v) is 7.54. The Balaban J connectivity index is 1.30. The largest absolute Gasteiger partial charge is 0.481 e. The molecule has 2 aromatic carbocycles. The molecule has 2 aromatic heterocycles. The van der Waals surface area contributed by atoms with Gasteiger partial charge >= 0.3 is 5.97 Å². The minimum Gasteiger partial charge on any atom is -0.481 e. The Morgan fingerprint density at radius 2 is 2.06 bits per heavy atom. The highest BCUT2D eigenvalue weighted by Gasteiger charge is 2.49. The molecule has 10 nitrogen and oxygen atoms in total. The number of carboxylic acids is 1. The van der Waals surface area contributed by atoms with E-state index in [1.807, 2.05) is 72.5 Å². The maximum absolute atomic E-state index is 14.5. The van der Waals surface area contributed by atoms with Crippen molar-refractivity contribution in [3.8, 4) is 11.9 Å². The summed E-state index contributed by atoms with van der Waals surface area (Å²) >= 11 is 7.57. The van der Waals surface area contributed by atoms with Crippen molar-refractivity contribution < 1.29 is 28.2 Å². The van der Waals surface area contributed by atoms with Crippen LogP contribution in [0.3, 0.4) is 0 Å². The second kappa shape index (κ2) is 14.0. The van der Waals surface area contributed by atoms with E-state index in [1.54, 1.807) is 13.2 Å². The number of alkyl halides is 2. The van der Waals surface area contributed by atoms with Gasteiger partial charge in [-0.2, -0.15) is 5.26 Å². The smallest absolute Gasteiger partial charge is 0.309 e. The first-order valence-corrected chi connectivity index (χ1v) is 17.0. The molecule has 0 spiro atoms. The maximum Gasteiger partial charge on any atom is 0.309 e. The van der Waals surface area contributed by atoms with Crippen LogP contribution >= 0.6 is 11.6 Å². The summed E-state index contributed by atoms with van der Waals surface area (Å²) in [6.45, 7) is 4.29. The molecular formula is C38H37ClFN5O5. The summed E-state index contributed by atoms with van der Waals surface area (Å²) in [4.78, 5) is 23.4. The molecule has 0 bridgehead atoms. The molecule has 2 N–H and O–H groups in total. The zero-order valence-corrected chi connectivity index (χ0v) is 28.5. The number of rotatable bonds is 10. The van der Waals surface area contributed by atoms with E-state index in [9.17, 15) is 19.6 Å². The van der Waals surface area contributed by atoms with Crippen LogP contribution in [0, 0.1) is 24.2 Å². The Morgan fingerprint density at radius 1 is 1.24 bits per heavy atom. The fraction of sp³-hybridized carbons (Fsp3) is 0.368. The van der Waals surface area contributed by atoms with Crippen LogP contribution in [0.4, 0.5) is 4.39 Å². The predicted molar refractivity (Wildman–Crippen MR) is 186 cm³/mol. The predicted octanol–water partition coefficient (Wildman–Crippen LogP) is 5.69. The highest BCUT2D eigenvalue weighted by molar-refractivity contribution is 6.28. The third kappa shape index (κ3) is 6.18. The number of carboxylic acid groups (broad SMARTS) is 1. The standard InChI is InChI=1S/C38H37ClFN5O5/c1-22-6-3-4-7-27(22)28-8-5-12-38(34(28)39,32-10-9-24(35(44-32)48-2)18-45-19-26(20-45)36(46)47)37-43-31-15-23(14-25(16-41)33(31)50-37)17-42-30-11-13-49-21-29(30)40/h3-10,12,14-15,26,29-30,34,42H,11,13,17-21H2,1-2H3,(H,46,47)/t29-,30+,34?,38?/m0/s1. The molecule has 2 saturated heterocycles. The van der Waals surface area contributed by atoms with E-state index in [2.05, 4.69) is 11.4 Å². The Bertz CT molecular complexity index is 2040. The fourth-order valence-electron chi connectivity index (χ4n) is 7.07. The maximum atomic E-state index is 14.5. The molecule has 2 fully saturated rings. The summed E-state index contributed by atoms with van der Waals surface area (Å²) in [5, 5.41) is 22.1. The lowest BCUT2D eigenvalue weighted by Gasteiger charge is -2.37. The number of oxazole rings is 1. The number of likely N-dealkylation sites (tertiary alicyclic amines) is 1. The van der Waals surface area contributed by atoms with Crippen molar-refractivity contribution in [2.75, 3.05) is 33.4 Å². The topological polar surface area (TPSA) is 134 Å². The van der Waals surface area contributed by atoms with Crippen LogP contribution in [0.15, 0.2) is 71.2 Å². The van der Waals surface area contributed by atoms with E-state index in [0.29, 0.717) is 67.4 Å². The average molecular weight is 698 g/mol. The van der Waals surface area contributed by atoms with Gasteiger partial charge in [-0.25, -0.2) is 14.4 Å². The van der Waals surface area contributed by atoms with Crippen LogP contribution in [0.1, 0.15) is 45.8 Å². The second-order valence-electron chi connectivity index (χ2n) is 13.1. The highest BCUT2D eigenvalue weighted by Crippen LogP contribution is 2.48. The molecule has 258 valence electrons. The van der Waals surface area contributed by atoms with Gasteiger partial charge in [0.2, 0.25) is 11.8 Å². The number of ether oxygens (including phenoxy) is 2. The van der Waals surface area contributed by atoms with Gasteiger partial charge in [-0.05, 0) is 53.8 Å². The molecular weight excluding hydrogens is 661 g/mol. The SMILES string of the molecule is COc1nc(C2(c3nc4cc(CN[C@@H]5CCOC[C@@H]5F)cc(C#N)c4o3)C=CC=C(c3ccccc3C)C2Cl)ccc1CN1CC(C(=O)O)C1. The number of benzene rings is 2. The summed E-state index contributed by atoms with van der Waals surface area (Å²) in [7, 11) is 1.55. The van der Waals surface area contributed by atoms with Gasteiger partial charge < -0.3 is 24.3 Å². The first-order valence-electron chi connectivity index (χ1n) is 16.6. The molecule has 3 aliphatic rings. The molecule has 2 aliphatic heterocycles. The number of carbonyl (C=O) groups is 1. The molecule has 4 heterocycles. The van der Waals surface area contributed by atoms with E-state index in [0.717, 1.165) is 27.8 Å². The monoisotopic (exact) mass is 697 g/mol. The zero-order chi connectivity index (χ0) is 35.0. The van der Waals surface area contributed by atoms with Gasteiger partial charge in [0, 0.05) is 44.4 Å². The first kappa shape index (κ1) is 33.9. The molecule has 12 heteroatoms. The Morgan fingerprint density at radius 3 is 2.80 bits per heavy atom. The highest BCUT2D eigenvalue weighted by atomic mass is 35.5. The molecule has 4 aromatic rings. The van der Waals surface area contributed by atoms with Crippen molar-refractivity contribution in [3.05, 3.63) is 106 Å². The lowest BCUT2D eigenvalue weighted by Crippen LogP contribution is -2.49. The van der Waals surface area contributed by atoms with Crippen LogP contribution < -0.4 is 10.1 Å². The Kier molecular flexibility index (Phi) is 9.46. The quantitative estimate of drug-likeness (QED) is 0.199. The van der Waals surface area contributed by atoms with E-state index in [1.165, 1.54) is 0 Å². The lowest BCUT2D eigenvalue weighted by molar-refractivity contribution is -0.147. The van der Waals surface area contributed by atoms with Gasteiger partial charge in [0.15, 0.2) is 5.58 Å². The number of hydrogen-bond donors (Lipinski definition) is 2. The van der Waals surface area contributed by atoms with Crippen LogP contribution in [-0.2, 0) is 28.0 Å². The molecule has 0 amide bonds. The van der Waals surface area contributed by atoms with Crippen LogP contribution in [0.25, 0.3) is 16.7 Å². The zero-order valence-electron chi connectivity index (χ0n) is 27.7. The summed E-state index contributed by atoms with van der Waals surface area (Å²) in [5.74, 6) is -0.547. The molecule has 2 unspecified atom stereocenters. The summed E-state index contributed by atoms with van der Waals surface area (Å²) in [6, 6.07) is 17.3. The minimum atomic E-state index is -1.22. The van der Waals surface area contributed by atoms with Gasteiger partial charge in [0.25, 0.3) is 0 Å². The third-order valence-corrected chi connectivity index (χ3v) is 10.5. The normalized spacial score (nSPS) is 24.1. The molecule has 4 atom stereocenters. The lowest BCUT2D eigenvalue weighted by atomic mass is 9.72. The average Bonchev–Trinajstić information content (AvgIpc) is 3.54. The number of halogens is 2. The number of aliphatic carboxylic acids is 1. The van der Waals surface area contributed by atoms with Crippen molar-refractivity contribution in [3.63, 3.8) is 0 Å². The third-order valence-electron chi connectivity index (χ3n) is 9.90. The van der Waals surface area contributed by atoms with Gasteiger partial charge in [-0.1, -0.05) is 48.6 Å². The number of methoxy groups -OCH3 is 1. The summed E-state index contributed by atoms with van der Waals surface area (Å²) in [5.41, 5.74) is 4.83. The van der Waals surface area contributed by atoms with Crippen molar-refractivity contribution in [1.82, 2.24) is 20.2 Å². The van der Waals surface area contributed by atoms with Gasteiger partial charge in [-0.15, -0.1) is 11.6 Å². The van der Waals surface area contributed by atoms with E-state index < -0.39 is 22.9 Å². The van der Waals surface area contributed by atoms with E-state index >= 15 is 0 Å². The number of nitrogens with one attached hydrogen (secondary N) is 1. The van der Waals surface area contributed by atoms with Crippen molar-refractivity contribution in [1.29, 1.82) is 5.26 Å². The number of fused-ring (bicyclic) bond motifs is 1. The second-order valence-corrected chi connectivity index (χ2v) is 13.5. The molecule has 1 aliphatic carbocycles. The number of nitriles is 1. The number of aryl methyl sites for hydroxylation is 1. The van der Waals surface area contributed by atoms with Gasteiger partial charge in [-0.3, -0.25) is 9.69 Å². The molecule has 7 rings (SSSR count). The van der Waals surface area contributed by atoms with Crippen molar-refractivity contribution in [2.24, 2.45) is 5.92 Å². The Labute approximate surface area is 294 Å². The number of hydrogen-bond acceptors (Lipinski definition) is 9. The number of aromatic nitrogens is 2. The molecule has 0 radical (unpaired) electrons. The van der Waals surface area contributed by atoms with Crippen LogP contribution in [-0.4, -0.2) is 76.9 Å². The van der Waals surface area contributed by atoms with Gasteiger partial charge in [0.05, 0.1) is 36.3 Å². The first-order chi connectivity index (χ1) is 24.2. The van der Waals surface area contributed by atoms with Crippen molar-refractivity contribution in [2.45, 2.75) is 49.4 Å². The number of allylic oxidation sites excluding steroid dienone is 4. The number of pyridine rings is 1. The molecule has 50 heavy (non-hydrogen) atoms. The van der Waals surface area contributed by atoms with Crippen molar-refractivity contribution >= 4 is 34.2 Å². The van der Waals surface area contributed by atoms with E-state index in [-0.39, 0.29) is 24.5 Å². The van der Waals surface area contributed by atoms with E-state index in [4.69, 9.17) is 35.5 Å². The number of nitrogens with zero attached hydrogens (tertiary/aromatic N) is 4. The van der Waals surface area contributed by atoms with Crippen LogP contribution in [0.5, 0.6) is 5.88 Å².